The molecular weight excluding hydrogens is 278 g/mol. The maximum Gasteiger partial charge on any atom is 0.254 e. The number of hydrogen-bond donors (Lipinski definition) is 0. The van der Waals surface area contributed by atoms with Gasteiger partial charge in [0.25, 0.3) is 5.91 Å². The molecule has 1 aromatic rings. The largest absolute Gasteiger partial charge is 0.481 e. The van der Waals surface area contributed by atoms with Crippen molar-refractivity contribution in [1.82, 2.24) is 5.06 Å². The van der Waals surface area contributed by atoms with Crippen LogP contribution in [-0.4, -0.2) is 24.2 Å². The van der Waals surface area contributed by atoms with Crippen LogP contribution in [0.5, 0.6) is 5.75 Å². The van der Waals surface area contributed by atoms with Crippen LogP contribution < -0.4 is 4.74 Å². The summed E-state index contributed by atoms with van der Waals surface area (Å²) in [6.45, 7) is 4.55. The van der Waals surface area contributed by atoms with Gasteiger partial charge >= 0.3 is 0 Å². The lowest BCUT2D eigenvalue weighted by Crippen LogP contribution is -2.30. The zero-order valence-electron chi connectivity index (χ0n) is 11.5. The van der Waals surface area contributed by atoms with Gasteiger partial charge in [-0.2, -0.15) is 0 Å². The van der Waals surface area contributed by atoms with Crippen LogP contribution in [0.3, 0.4) is 0 Å². The van der Waals surface area contributed by atoms with Gasteiger partial charge in [-0.25, -0.2) is 5.06 Å². The van der Waals surface area contributed by atoms with E-state index in [2.05, 4.69) is 5.92 Å². The molecule has 1 heterocycles. The second kappa shape index (κ2) is 5.74. The number of rotatable bonds is 4. The summed E-state index contributed by atoms with van der Waals surface area (Å²) >= 11 is 6.14. The molecule has 1 aliphatic rings. The van der Waals surface area contributed by atoms with Crippen LogP contribution in [0, 0.1) is 17.8 Å². The summed E-state index contributed by atoms with van der Waals surface area (Å²) in [5, 5.41) is 1.89. The van der Waals surface area contributed by atoms with E-state index < -0.39 is 5.41 Å². The molecule has 0 radical (unpaired) electrons. The van der Waals surface area contributed by atoms with Crippen LogP contribution in [0.25, 0.3) is 0 Å². The van der Waals surface area contributed by atoms with E-state index in [1.807, 2.05) is 13.8 Å². The van der Waals surface area contributed by atoms with Gasteiger partial charge in [-0.05, 0) is 37.6 Å². The Morgan fingerprint density at radius 1 is 1.55 bits per heavy atom. The molecule has 106 valence electrons. The summed E-state index contributed by atoms with van der Waals surface area (Å²) in [5.74, 6) is 2.96. The molecule has 2 rings (SSSR count). The minimum absolute atomic E-state index is 0.0523. The number of halogens is 1. The maximum absolute atomic E-state index is 12.1. The van der Waals surface area contributed by atoms with E-state index in [-0.39, 0.29) is 19.1 Å². The molecule has 0 spiro atoms. The van der Waals surface area contributed by atoms with Crippen molar-refractivity contribution in [2.75, 3.05) is 13.2 Å². The lowest BCUT2D eigenvalue weighted by molar-refractivity contribution is -0.165. The Balaban J connectivity index is 2.13. The molecule has 0 aliphatic carbocycles. The molecule has 1 aliphatic heterocycles. The zero-order chi connectivity index (χ0) is 14.8. The predicted octanol–water partition coefficient (Wildman–Crippen LogP) is 2.65. The molecule has 0 aromatic heterocycles. The molecular formula is C15H16ClNO3. The summed E-state index contributed by atoms with van der Waals surface area (Å²) < 4.78 is 5.34. The van der Waals surface area contributed by atoms with Crippen LogP contribution in [-0.2, 0) is 16.2 Å². The molecule has 1 saturated heterocycles. The van der Waals surface area contributed by atoms with Crippen molar-refractivity contribution >= 4 is 17.5 Å². The van der Waals surface area contributed by atoms with Crippen LogP contribution in [0.2, 0.25) is 5.02 Å². The fourth-order valence-corrected chi connectivity index (χ4v) is 2.03. The van der Waals surface area contributed by atoms with E-state index in [1.54, 1.807) is 18.2 Å². The maximum atomic E-state index is 12.1. The number of terminal acetylenes is 1. The minimum Gasteiger partial charge on any atom is -0.481 e. The van der Waals surface area contributed by atoms with E-state index in [0.717, 1.165) is 5.56 Å². The number of ether oxygens (including phenoxy) is 1. The van der Waals surface area contributed by atoms with Gasteiger partial charge in [0.15, 0.2) is 0 Å². The number of amides is 1. The summed E-state index contributed by atoms with van der Waals surface area (Å²) in [5.41, 5.74) is 0.261. The Morgan fingerprint density at radius 3 is 2.90 bits per heavy atom. The monoisotopic (exact) mass is 293 g/mol. The topological polar surface area (TPSA) is 38.8 Å². The summed E-state index contributed by atoms with van der Waals surface area (Å²) in [7, 11) is 0. The standard InChI is InChI=1S/C15H16ClNO3/c1-4-7-19-12-5-6-13(16)11(8-12)9-17-14(18)15(2,3)10-20-17/h1,5-6,8H,7,9-10H2,2-3H3. The van der Waals surface area contributed by atoms with E-state index in [1.165, 1.54) is 5.06 Å². The van der Waals surface area contributed by atoms with Crippen LogP contribution in [0.1, 0.15) is 19.4 Å². The first-order chi connectivity index (χ1) is 9.44. The van der Waals surface area contributed by atoms with E-state index in [0.29, 0.717) is 17.4 Å². The van der Waals surface area contributed by atoms with Crippen molar-refractivity contribution in [1.29, 1.82) is 0 Å². The molecule has 0 N–H and O–H groups in total. The van der Waals surface area contributed by atoms with Gasteiger partial charge in [-0.1, -0.05) is 17.5 Å². The first-order valence-corrected chi connectivity index (χ1v) is 6.61. The second-order valence-corrected chi connectivity index (χ2v) is 5.65. The van der Waals surface area contributed by atoms with E-state index >= 15 is 0 Å². The molecule has 4 nitrogen and oxygen atoms in total. The highest BCUT2D eigenvalue weighted by molar-refractivity contribution is 6.31. The van der Waals surface area contributed by atoms with Crippen LogP contribution in [0.15, 0.2) is 18.2 Å². The Morgan fingerprint density at radius 2 is 2.30 bits per heavy atom. The van der Waals surface area contributed by atoms with Gasteiger partial charge < -0.3 is 4.74 Å². The first-order valence-electron chi connectivity index (χ1n) is 6.23. The average Bonchev–Trinajstić information content (AvgIpc) is 2.66. The van der Waals surface area contributed by atoms with E-state index in [9.17, 15) is 4.79 Å². The first kappa shape index (κ1) is 14.7. The SMILES string of the molecule is C#CCOc1ccc(Cl)c(CN2OCC(C)(C)C2=O)c1. The summed E-state index contributed by atoms with van der Waals surface area (Å²) in [4.78, 5) is 17.5. The number of carbonyl (C=O) groups is 1. The number of hydrogen-bond acceptors (Lipinski definition) is 3. The number of nitrogens with zero attached hydrogens (tertiary/aromatic N) is 1. The van der Waals surface area contributed by atoms with Crippen LogP contribution >= 0.6 is 11.6 Å². The van der Waals surface area contributed by atoms with Gasteiger partial charge in [0.1, 0.15) is 12.4 Å². The highest BCUT2D eigenvalue weighted by Crippen LogP contribution is 2.30. The number of hydroxylamine groups is 2. The predicted molar refractivity (Wildman–Crippen MR) is 76.1 cm³/mol. The van der Waals surface area contributed by atoms with Crippen molar-refractivity contribution in [2.45, 2.75) is 20.4 Å². The van der Waals surface area contributed by atoms with Crippen molar-refractivity contribution < 1.29 is 14.4 Å². The smallest absolute Gasteiger partial charge is 0.254 e. The second-order valence-electron chi connectivity index (χ2n) is 5.25. The van der Waals surface area contributed by atoms with Gasteiger partial charge in [0.05, 0.1) is 18.6 Å². The summed E-state index contributed by atoms with van der Waals surface area (Å²) in [6, 6.07) is 5.22. The van der Waals surface area contributed by atoms with Crippen molar-refractivity contribution in [3.05, 3.63) is 28.8 Å². The normalized spacial score (nSPS) is 17.1. The van der Waals surface area contributed by atoms with Crippen LogP contribution in [0.4, 0.5) is 0 Å². The quantitative estimate of drug-likeness (QED) is 0.801. The van der Waals surface area contributed by atoms with Gasteiger partial charge in [0, 0.05) is 5.02 Å². The molecule has 0 atom stereocenters. The highest BCUT2D eigenvalue weighted by Gasteiger charge is 2.40. The lowest BCUT2D eigenvalue weighted by atomic mass is 9.95. The molecule has 0 saturated carbocycles. The molecule has 20 heavy (non-hydrogen) atoms. The Hall–Kier alpha value is -1.70. The fraction of sp³-hybridized carbons (Fsp3) is 0.400. The Bertz CT molecular complexity index is 563. The Kier molecular flexibility index (Phi) is 4.22. The highest BCUT2D eigenvalue weighted by atomic mass is 35.5. The average molecular weight is 294 g/mol. The van der Waals surface area contributed by atoms with Crippen molar-refractivity contribution in [3.63, 3.8) is 0 Å². The third-order valence-corrected chi connectivity index (χ3v) is 3.41. The molecule has 1 amide bonds. The molecule has 0 bridgehead atoms. The third-order valence-electron chi connectivity index (χ3n) is 3.04. The summed E-state index contributed by atoms with van der Waals surface area (Å²) in [6.07, 6.45) is 5.15. The molecule has 1 fully saturated rings. The Labute approximate surface area is 123 Å². The lowest BCUT2D eigenvalue weighted by Gasteiger charge is -2.17. The van der Waals surface area contributed by atoms with E-state index in [4.69, 9.17) is 27.6 Å². The molecule has 1 aromatic carbocycles. The third kappa shape index (κ3) is 3.06. The van der Waals surface area contributed by atoms with Crippen molar-refractivity contribution in [3.8, 4) is 18.1 Å². The fourth-order valence-electron chi connectivity index (χ4n) is 1.86. The van der Waals surface area contributed by atoms with Crippen molar-refractivity contribution in [2.24, 2.45) is 5.41 Å². The van der Waals surface area contributed by atoms with Gasteiger partial charge in [-0.3, -0.25) is 9.63 Å². The van der Waals surface area contributed by atoms with Gasteiger partial charge in [-0.15, -0.1) is 6.42 Å². The number of benzene rings is 1. The number of carbonyl (C=O) groups excluding carboxylic acids is 1. The minimum atomic E-state index is -0.496. The zero-order valence-corrected chi connectivity index (χ0v) is 12.2. The van der Waals surface area contributed by atoms with Gasteiger partial charge in [0.2, 0.25) is 0 Å². The molecule has 0 unspecified atom stereocenters. The molecule has 5 heteroatoms.